The van der Waals surface area contributed by atoms with Gasteiger partial charge in [0.05, 0.1) is 5.02 Å². The molecule has 1 N–H and O–H groups in total. The number of benzene rings is 1. The van der Waals surface area contributed by atoms with Crippen LogP contribution in [0, 0.1) is 0 Å². The smallest absolute Gasteiger partial charge is 0.224 e. The van der Waals surface area contributed by atoms with Crippen molar-refractivity contribution < 1.29 is 4.74 Å². The second kappa shape index (κ2) is 6.77. The number of ether oxygens (including phenoxy) is 1. The van der Waals surface area contributed by atoms with Gasteiger partial charge in [0.15, 0.2) is 0 Å². The molecule has 2 aromatic rings. The standard InChI is InChI=1S/C14H15Cl2N3O/c1-3-4-12-18-13(17-2)8-14(19-12)20-11-6-5-9(15)7-10(11)16/h5-8H,3-4H2,1-2H3,(H,17,18,19). The van der Waals surface area contributed by atoms with Crippen LogP contribution in [-0.4, -0.2) is 17.0 Å². The summed E-state index contributed by atoms with van der Waals surface area (Å²) in [6, 6.07) is 6.79. The van der Waals surface area contributed by atoms with Crippen molar-refractivity contribution in [3.8, 4) is 11.6 Å². The molecule has 0 bridgehead atoms. The van der Waals surface area contributed by atoms with E-state index in [0.717, 1.165) is 18.7 Å². The van der Waals surface area contributed by atoms with Crippen LogP contribution >= 0.6 is 23.2 Å². The topological polar surface area (TPSA) is 47.0 Å². The first-order chi connectivity index (χ1) is 9.62. The van der Waals surface area contributed by atoms with Gasteiger partial charge in [-0.25, -0.2) is 4.98 Å². The fourth-order valence-corrected chi connectivity index (χ4v) is 2.11. The van der Waals surface area contributed by atoms with Gasteiger partial charge in [-0.1, -0.05) is 30.1 Å². The summed E-state index contributed by atoms with van der Waals surface area (Å²) in [5.74, 6) is 2.42. The zero-order valence-corrected chi connectivity index (χ0v) is 12.8. The van der Waals surface area contributed by atoms with Crippen LogP contribution in [0.1, 0.15) is 19.2 Å². The van der Waals surface area contributed by atoms with Crippen molar-refractivity contribution in [2.45, 2.75) is 19.8 Å². The van der Waals surface area contributed by atoms with E-state index >= 15 is 0 Å². The molecule has 6 heteroatoms. The molecule has 0 saturated heterocycles. The normalized spacial score (nSPS) is 10.4. The molecule has 0 atom stereocenters. The first kappa shape index (κ1) is 14.9. The van der Waals surface area contributed by atoms with Gasteiger partial charge in [-0.2, -0.15) is 4.98 Å². The average Bonchev–Trinajstić information content (AvgIpc) is 2.42. The highest BCUT2D eigenvalue weighted by Crippen LogP contribution is 2.31. The molecule has 1 aromatic heterocycles. The van der Waals surface area contributed by atoms with Gasteiger partial charge < -0.3 is 10.1 Å². The van der Waals surface area contributed by atoms with E-state index in [0.29, 0.717) is 27.5 Å². The Labute approximate surface area is 128 Å². The predicted octanol–water partition coefficient (Wildman–Crippen LogP) is 4.57. The van der Waals surface area contributed by atoms with Crippen LogP contribution in [0.3, 0.4) is 0 Å². The van der Waals surface area contributed by atoms with E-state index in [1.165, 1.54) is 0 Å². The summed E-state index contributed by atoms with van der Waals surface area (Å²) in [5.41, 5.74) is 0. The molecule has 1 aromatic carbocycles. The van der Waals surface area contributed by atoms with Crippen LogP contribution < -0.4 is 10.1 Å². The summed E-state index contributed by atoms with van der Waals surface area (Å²) in [6.45, 7) is 2.08. The Morgan fingerprint density at radius 3 is 2.65 bits per heavy atom. The molecule has 2 rings (SSSR count). The number of aromatic nitrogens is 2. The Morgan fingerprint density at radius 2 is 2.00 bits per heavy atom. The molecule has 1 heterocycles. The van der Waals surface area contributed by atoms with Gasteiger partial charge in [0, 0.05) is 24.6 Å². The molecule has 0 aliphatic heterocycles. The summed E-state index contributed by atoms with van der Waals surface area (Å²) in [7, 11) is 1.80. The second-order valence-corrected chi connectivity index (χ2v) is 5.03. The van der Waals surface area contributed by atoms with Crippen LogP contribution in [-0.2, 0) is 6.42 Å². The zero-order valence-electron chi connectivity index (χ0n) is 11.3. The lowest BCUT2D eigenvalue weighted by atomic mass is 10.3. The van der Waals surface area contributed by atoms with Gasteiger partial charge >= 0.3 is 0 Å². The van der Waals surface area contributed by atoms with E-state index in [4.69, 9.17) is 27.9 Å². The minimum atomic E-state index is 0.444. The van der Waals surface area contributed by atoms with Crippen molar-refractivity contribution in [3.63, 3.8) is 0 Å². The Balaban J connectivity index is 2.29. The number of aryl methyl sites for hydroxylation is 1. The van der Waals surface area contributed by atoms with E-state index < -0.39 is 0 Å². The van der Waals surface area contributed by atoms with Crippen LogP contribution in [0.15, 0.2) is 24.3 Å². The highest BCUT2D eigenvalue weighted by molar-refractivity contribution is 6.35. The maximum atomic E-state index is 6.09. The van der Waals surface area contributed by atoms with Crippen molar-refractivity contribution in [1.29, 1.82) is 0 Å². The third-order valence-corrected chi connectivity index (χ3v) is 3.12. The Hall–Kier alpha value is -1.52. The third kappa shape index (κ3) is 3.74. The van der Waals surface area contributed by atoms with Crippen molar-refractivity contribution in [2.75, 3.05) is 12.4 Å². The molecule has 0 spiro atoms. The number of nitrogens with zero attached hydrogens (tertiary/aromatic N) is 2. The van der Waals surface area contributed by atoms with Gasteiger partial charge in [-0.15, -0.1) is 0 Å². The lowest BCUT2D eigenvalue weighted by Gasteiger charge is -2.10. The van der Waals surface area contributed by atoms with Crippen molar-refractivity contribution in [2.24, 2.45) is 0 Å². The van der Waals surface area contributed by atoms with Gasteiger partial charge in [0.2, 0.25) is 5.88 Å². The summed E-state index contributed by atoms with van der Waals surface area (Å²) in [4.78, 5) is 8.73. The monoisotopic (exact) mass is 311 g/mol. The van der Waals surface area contributed by atoms with Crippen LogP contribution in [0.2, 0.25) is 10.0 Å². The van der Waals surface area contributed by atoms with E-state index in [2.05, 4.69) is 22.2 Å². The summed E-state index contributed by atoms with van der Waals surface area (Å²) >= 11 is 11.9. The third-order valence-electron chi connectivity index (χ3n) is 2.59. The van der Waals surface area contributed by atoms with Crippen molar-refractivity contribution in [3.05, 3.63) is 40.1 Å². The summed E-state index contributed by atoms with van der Waals surface area (Å²) < 4.78 is 5.71. The molecule has 0 saturated carbocycles. The number of hydrogen-bond acceptors (Lipinski definition) is 4. The van der Waals surface area contributed by atoms with Gasteiger partial charge in [-0.3, -0.25) is 0 Å². The predicted molar refractivity (Wildman–Crippen MR) is 82.1 cm³/mol. The molecular formula is C14H15Cl2N3O. The molecule has 20 heavy (non-hydrogen) atoms. The van der Waals surface area contributed by atoms with Gasteiger partial charge in [0.25, 0.3) is 0 Å². The molecule has 0 radical (unpaired) electrons. The van der Waals surface area contributed by atoms with E-state index in [-0.39, 0.29) is 0 Å². The van der Waals surface area contributed by atoms with Crippen LogP contribution in [0.25, 0.3) is 0 Å². The highest BCUT2D eigenvalue weighted by Gasteiger charge is 2.08. The molecule has 0 aliphatic rings. The van der Waals surface area contributed by atoms with Crippen LogP contribution in [0.4, 0.5) is 5.82 Å². The number of halogens is 2. The molecule has 0 aliphatic carbocycles. The molecule has 0 amide bonds. The number of hydrogen-bond donors (Lipinski definition) is 1. The van der Waals surface area contributed by atoms with E-state index in [1.54, 1.807) is 31.3 Å². The van der Waals surface area contributed by atoms with Gasteiger partial charge in [0.1, 0.15) is 17.4 Å². The fourth-order valence-electron chi connectivity index (χ4n) is 1.66. The lowest BCUT2D eigenvalue weighted by Crippen LogP contribution is -2.02. The number of rotatable bonds is 5. The molecule has 106 valence electrons. The summed E-state index contributed by atoms with van der Waals surface area (Å²) in [5, 5.41) is 4.00. The second-order valence-electron chi connectivity index (χ2n) is 4.18. The van der Waals surface area contributed by atoms with Crippen molar-refractivity contribution >= 4 is 29.0 Å². The Kier molecular flexibility index (Phi) is 5.04. The maximum absolute atomic E-state index is 6.09. The van der Waals surface area contributed by atoms with Crippen molar-refractivity contribution in [1.82, 2.24) is 9.97 Å². The summed E-state index contributed by atoms with van der Waals surface area (Å²) in [6.07, 6.45) is 1.76. The first-order valence-electron chi connectivity index (χ1n) is 6.31. The van der Waals surface area contributed by atoms with E-state index in [9.17, 15) is 0 Å². The van der Waals surface area contributed by atoms with Gasteiger partial charge in [-0.05, 0) is 24.6 Å². The number of anilines is 1. The Bertz CT molecular complexity index is 605. The quantitative estimate of drug-likeness (QED) is 0.878. The highest BCUT2D eigenvalue weighted by atomic mass is 35.5. The number of nitrogens with one attached hydrogen (secondary N) is 1. The molecule has 0 unspecified atom stereocenters. The molecular weight excluding hydrogens is 297 g/mol. The van der Waals surface area contributed by atoms with Crippen LogP contribution in [0.5, 0.6) is 11.6 Å². The zero-order chi connectivity index (χ0) is 14.5. The minimum absolute atomic E-state index is 0.444. The minimum Gasteiger partial charge on any atom is -0.437 e. The molecule has 0 fully saturated rings. The Morgan fingerprint density at radius 1 is 1.20 bits per heavy atom. The molecule has 4 nitrogen and oxygen atoms in total. The lowest BCUT2D eigenvalue weighted by molar-refractivity contribution is 0.459. The largest absolute Gasteiger partial charge is 0.437 e. The SMILES string of the molecule is CCCc1nc(NC)cc(Oc2ccc(Cl)cc2Cl)n1. The first-order valence-corrected chi connectivity index (χ1v) is 7.06. The van der Waals surface area contributed by atoms with E-state index in [1.807, 2.05) is 0 Å². The average molecular weight is 312 g/mol. The maximum Gasteiger partial charge on any atom is 0.224 e. The fraction of sp³-hybridized carbons (Fsp3) is 0.286.